The van der Waals surface area contributed by atoms with Crippen molar-refractivity contribution in [2.45, 2.75) is 13.1 Å². The van der Waals surface area contributed by atoms with Gasteiger partial charge in [0.05, 0.1) is 7.05 Å². The molecule has 22 heavy (non-hydrogen) atoms. The van der Waals surface area contributed by atoms with E-state index >= 15 is 0 Å². The van der Waals surface area contributed by atoms with E-state index in [1.54, 1.807) is 30.3 Å². The second-order valence-electron chi connectivity index (χ2n) is 5.31. The smallest absolute Gasteiger partial charge is 0.275 e. The number of quaternary nitrogens is 1. The van der Waals surface area contributed by atoms with E-state index in [-0.39, 0.29) is 24.1 Å². The first kappa shape index (κ1) is 16.1. The molecule has 1 unspecified atom stereocenters. The lowest BCUT2D eigenvalue weighted by Crippen LogP contribution is -3.09. The number of benzene rings is 2. The predicted molar refractivity (Wildman–Crippen MR) is 80.1 cm³/mol. The number of halogens is 2. The maximum absolute atomic E-state index is 13.5. The maximum Gasteiger partial charge on any atom is 0.275 e. The van der Waals surface area contributed by atoms with Crippen molar-refractivity contribution in [2.75, 3.05) is 13.6 Å². The Kier molecular flexibility index (Phi) is 5.61. The van der Waals surface area contributed by atoms with E-state index in [4.69, 9.17) is 0 Å². The molecule has 5 heteroatoms. The van der Waals surface area contributed by atoms with Crippen molar-refractivity contribution in [3.63, 3.8) is 0 Å². The van der Waals surface area contributed by atoms with Crippen LogP contribution in [0.2, 0.25) is 0 Å². The second kappa shape index (κ2) is 7.66. The molecule has 0 saturated heterocycles. The molecule has 1 atom stereocenters. The van der Waals surface area contributed by atoms with Crippen molar-refractivity contribution in [3.05, 3.63) is 71.3 Å². The quantitative estimate of drug-likeness (QED) is 0.829. The van der Waals surface area contributed by atoms with Gasteiger partial charge in [-0.2, -0.15) is 0 Å². The average molecular weight is 305 g/mol. The van der Waals surface area contributed by atoms with Crippen molar-refractivity contribution in [3.8, 4) is 0 Å². The molecule has 0 spiro atoms. The van der Waals surface area contributed by atoms with Gasteiger partial charge in [0.1, 0.15) is 18.2 Å². The molecule has 0 heterocycles. The number of carbonyl (C=O) groups excluding carboxylic acids is 1. The largest absolute Gasteiger partial charge is 0.347 e. The van der Waals surface area contributed by atoms with E-state index in [2.05, 4.69) is 5.32 Å². The van der Waals surface area contributed by atoms with E-state index in [1.165, 1.54) is 18.2 Å². The normalized spacial score (nSPS) is 12.0. The molecule has 0 radical (unpaired) electrons. The standard InChI is InChI=1S/C17H18F2N2O/c1-21(11-14-4-2-3-5-16(14)19)12-17(22)20-10-13-6-8-15(18)9-7-13/h2-9H,10-12H2,1H3,(H,20,22)/p+1. The zero-order chi connectivity index (χ0) is 15.9. The fraction of sp³-hybridized carbons (Fsp3) is 0.235. The van der Waals surface area contributed by atoms with Crippen LogP contribution in [0.25, 0.3) is 0 Å². The number of nitrogens with one attached hydrogen (secondary N) is 2. The molecule has 3 nitrogen and oxygen atoms in total. The minimum Gasteiger partial charge on any atom is -0.347 e. The summed E-state index contributed by atoms with van der Waals surface area (Å²) in [5, 5.41) is 2.77. The molecule has 0 bridgehead atoms. The third kappa shape index (κ3) is 4.93. The summed E-state index contributed by atoms with van der Waals surface area (Å²) in [7, 11) is 1.84. The van der Waals surface area contributed by atoms with Gasteiger partial charge in [-0.25, -0.2) is 8.78 Å². The molecule has 0 fully saturated rings. The molecule has 2 N–H and O–H groups in total. The number of rotatable bonds is 6. The SMILES string of the molecule is C[NH+](CC(=O)NCc1ccc(F)cc1)Cc1ccccc1F. The Morgan fingerprint density at radius 2 is 1.77 bits per heavy atom. The summed E-state index contributed by atoms with van der Waals surface area (Å²) >= 11 is 0. The highest BCUT2D eigenvalue weighted by Gasteiger charge is 2.12. The molecule has 0 aliphatic heterocycles. The van der Waals surface area contributed by atoms with Crippen LogP contribution in [0.15, 0.2) is 48.5 Å². The van der Waals surface area contributed by atoms with Gasteiger partial charge in [0.2, 0.25) is 0 Å². The molecule has 0 aliphatic carbocycles. The van der Waals surface area contributed by atoms with Crippen LogP contribution < -0.4 is 10.2 Å². The van der Waals surface area contributed by atoms with Crippen molar-refractivity contribution < 1.29 is 18.5 Å². The Bertz CT molecular complexity index is 629. The second-order valence-corrected chi connectivity index (χ2v) is 5.31. The van der Waals surface area contributed by atoms with Gasteiger partial charge in [-0.1, -0.05) is 30.3 Å². The number of likely N-dealkylation sites (N-methyl/N-ethyl adjacent to an activating group) is 1. The maximum atomic E-state index is 13.5. The number of hydrogen-bond donors (Lipinski definition) is 2. The topological polar surface area (TPSA) is 33.5 Å². The van der Waals surface area contributed by atoms with Crippen LogP contribution in [0.3, 0.4) is 0 Å². The van der Waals surface area contributed by atoms with E-state index < -0.39 is 0 Å². The first-order valence-corrected chi connectivity index (χ1v) is 7.10. The molecule has 2 rings (SSSR count). The summed E-state index contributed by atoms with van der Waals surface area (Å²) in [5.41, 5.74) is 1.42. The van der Waals surface area contributed by atoms with E-state index in [0.717, 1.165) is 10.5 Å². The summed E-state index contributed by atoms with van der Waals surface area (Å²) < 4.78 is 26.3. The summed E-state index contributed by atoms with van der Waals surface area (Å²) in [6, 6.07) is 12.5. The minimum atomic E-state index is -0.302. The lowest BCUT2D eigenvalue weighted by Gasteiger charge is -2.14. The molecule has 2 aromatic carbocycles. The Hall–Kier alpha value is -2.27. The van der Waals surface area contributed by atoms with Gasteiger partial charge in [-0.15, -0.1) is 0 Å². The highest BCUT2D eigenvalue weighted by molar-refractivity contribution is 5.76. The van der Waals surface area contributed by atoms with Crippen molar-refractivity contribution in [2.24, 2.45) is 0 Å². The number of amides is 1. The van der Waals surface area contributed by atoms with Crippen molar-refractivity contribution >= 4 is 5.91 Å². The zero-order valence-electron chi connectivity index (χ0n) is 12.4. The van der Waals surface area contributed by atoms with Gasteiger partial charge < -0.3 is 10.2 Å². The molecule has 1 amide bonds. The summed E-state index contributed by atoms with van der Waals surface area (Å²) in [4.78, 5) is 12.8. The van der Waals surface area contributed by atoms with Gasteiger partial charge in [0.25, 0.3) is 5.91 Å². The van der Waals surface area contributed by atoms with Crippen LogP contribution >= 0.6 is 0 Å². The summed E-state index contributed by atoms with van der Waals surface area (Å²) in [6.07, 6.45) is 0. The monoisotopic (exact) mass is 305 g/mol. The average Bonchev–Trinajstić information content (AvgIpc) is 2.49. The fourth-order valence-corrected chi connectivity index (χ4v) is 2.17. The van der Waals surface area contributed by atoms with Crippen LogP contribution in [-0.2, 0) is 17.9 Å². The van der Waals surface area contributed by atoms with Gasteiger partial charge >= 0.3 is 0 Å². The molecule has 0 saturated carbocycles. The van der Waals surface area contributed by atoms with Crippen LogP contribution in [0, 0.1) is 11.6 Å². The third-order valence-corrected chi connectivity index (χ3v) is 3.32. The Balaban J connectivity index is 1.79. The van der Waals surface area contributed by atoms with E-state index in [1.807, 2.05) is 7.05 Å². The highest BCUT2D eigenvalue weighted by atomic mass is 19.1. The Morgan fingerprint density at radius 3 is 2.45 bits per heavy atom. The summed E-state index contributed by atoms with van der Waals surface area (Å²) in [6.45, 7) is 1.04. The first-order chi connectivity index (χ1) is 10.5. The predicted octanol–water partition coefficient (Wildman–Crippen LogP) is 1.30. The number of carbonyl (C=O) groups is 1. The molecular formula is C17H19F2N2O+. The lowest BCUT2D eigenvalue weighted by atomic mass is 10.2. The third-order valence-electron chi connectivity index (χ3n) is 3.32. The molecule has 2 aromatic rings. The molecule has 116 valence electrons. The number of hydrogen-bond acceptors (Lipinski definition) is 1. The molecular weight excluding hydrogens is 286 g/mol. The first-order valence-electron chi connectivity index (χ1n) is 7.10. The zero-order valence-corrected chi connectivity index (χ0v) is 12.4. The van der Waals surface area contributed by atoms with Gasteiger partial charge in [-0.05, 0) is 23.8 Å². The lowest BCUT2D eigenvalue weighted by molar-refractivity contribution is -0.885. The van der Waals surface area contributed by atoms with E-state index in [9.17, 15) is 13.6 Å². The van der Waals surface area contributed by atoms with Crippen molar-refractivity contribution in [1.29, 1.82) is 0 Å². The highest BCUT2D eigenvalue weighted by Crippen LogP contribution is 2.04. The van der Waals surface area contributed by atoms with Crippen LogP contribution in [0.1, 0.15) is 11.1 Å². The molecule has 0 aromatic heterocycles. The van der Waals surface area contributed by atoms with Crippen LogP contribution in [0.4, 0.5) is 8.78 Å². The fourth-order valence-electron chi connectivity index (χ4n) is 2.17. The minimum absolute atomic E-state index is 0.127. The van der Waals surface area contributed by atoms with E-state index in [0.29, 0.717) is 18.7 Å². The van der Waals surface area contributed by atoms with Crippen LogP contribution in [-0.4, -0.2) is 19.5 Å². The van der Waals surface area contributed by atoms with Gasteiger partial charge in [0.15, 0.2) is 6.54 Å². The van der Waals surface area contributed by atoms with Crippen LogP contribution in [0.5, 0.6) is 0 Å². The van der Waals surface area contributed by atoms with Gasteiger partial charge in [-0.3, -0.25) is 4.79 Å². The summed E-state index contributed by atoms with van der Waals surface area (Å²) in [5.74, 6) is -0.684. The van der Waals surface area contributed by atoms with Gasteiger partial charge in [0, 0.05) is 12.1 Å². The molecule has 0 aliphatic rings. The Morgan fingerprint density at radius 1 is 1.09 bits per heavy atom. The van der Waals surface area contributed by atoms with Crippen molar-refractivity contribution in [1.82, 2.24) is 5.32 Å². The Labute approximate surface area is 128 Å².